The van der Waals surface area contributed by atoms with Gasteiger partial charge in [0.05, 0.1) is 13.0 Å². The van der Waals surface area contributed by atoms with Crippen molar-refractivity contribution in [3.8, 4) is 0 Å². The SMILES string of the molecule is CCOC(=O)CCNCCNC(=O)C1CC1. The fourth-order valence-electron chi connectivity index (χ4n) is 1.31. The highest BCUT2D eigenvalue weighted by molar-refractivity contribution is 5.80. The monoisotopic (exact) mass is 228 g/mol. The first-order valence-electron chi connectivity index (χ1n) is 5.88. The van der Waals surface area contributed by atoms with E-state index in [2.05, 4.69) is 10.6 Å². The number of carbonyl (C=O) groups excluding carboxylic acids is 2. The summed E-state index contributed by atoms with van der Waals surface area (Å²) < 4.78 is 4.78. The summed E-state index contributed by atoms with van der Waals surface area (Å²) in [5.74, 6) is 0.240. The molecule has 0 aliphatic heterocycles. The molecular formula is C11H20N2O3. The second-order valence-electron chi connectivity index (χ2n) is 3.87. The lowest BCUT2D eigenvalue weighted by molar-refractivity contribution is -0.143. The lowest BCUT2D eigenvalue weighted by atomic mass is 10.4. The van der Waals surface area contributed by atoms with Gasteiger partial charge in [-0.3, -0.25) is 9.59 Å². The van der Waals surface area contributed by atoms with E-state index < -0.39 is 0 Å². The highest BCUT2D eigenvalue weighted by Gasteiger charge is 2.28. The Kier molecular flexibility index (Phi) is 5.85. The maximum absolute atomic E-state index is 11.2. The van der Waals surface area contributed by atoms with Crippen LogP contribution in [-0.2, 0) is 14.3 Å². The zero-order valence-electron chi connectivity index (χ0n) is 9.75. The molecule has 0 aromatic heterocycles. The van der Waals surface area contributed by atoms with Gasteiger partial charge in [0.25, 0.3) is 0 Å². The minimum Gasteiger partial charge on any atom is -0.466 e. The van der Waals surface area contributed by atoms with Gasteiger partial charge in [-0.2, -0.15) is 0 Å². The van der Waals surface area contributed by atoms with Gasteiger partial charge in [-0.1, -0.05) is 0 Å². The van der Waals surface area contributed by atoms with Gasteiger partial charge < -0.3 is 15.4 Å². The molecule has 16 heavy (non-hydrogen) atoms. The molecule has 1 amide bonds. The van der Waals surface area contributed by atoms with E-state index in [9.17, 15) is 9.59 Å². The zero-order valence-corrected chi connectivity index (χ0v) is 9.75. The third kappa shape index (κ3) is 5.70. The van der Waals surface area contributed by atoms with E-state index in [4.69, 9.17) is 4.74 Å². The predicted molar refractivity (Wildman–Crippen MR) is 59.9 cm³/mol. The smallest absolute Gasteiger partial charge is 0.307 e. The summed E-state index contributed by atoms with van der Waals surface area (Å²) >= 11 is 0. The molecule has 0 heterocycles. The minimum atomic E-state index is -0.183. The van der Waals surface area contributed by atoms with E-state index in [-0.39, 0.29) is 17.8 Å². The van der Waals surface area contributed by atoms with Crippen LogP contribution in [0.4, 0.5) is 0 Å². The summed E-state index contributed by atoms with van der Waals surface area (Å²) in [6.45, 7) is 4.13. The second kappa shape index (κ2) is 7.22. The molecule has 0 saturated heterocycles. The van der Waals surface area contributed by atoms with Gasteiger partial charge >= 0.3 is 5.97 Å². The van der Waals surface area contributed by atoms with Gasteiger partial charge in [0.2, 0.25) is 5.91 Å². The van der Waals surface area contributed by atoms with Crippen LogP contribution in [0.2, 0.25) is 0 Å². The van der Waals surface area contributed by atoms with Gasteiger partial charge in [-0.05, 0) is 19.8 Å². The van der Waals surface area contributed by atoms with Gasteiger partial charge in [0, 0.05) is 25.6 Å². The van der Waals surface area contributed by atoms with Crippen LogP contribution in [0, 0.1) is 5.92 Å². The molecule has 92 valence electrons. The maximum atomic E-state index is 11.2. The fourth-order valence-corrected chi connectivity index (χ4v) is 1.31. The van der Waals surface area contributed by atoms with Crippen molar-refractivity contribution in [2.75, 3.05) is 26.2 Å². The molecule has 5 nitrogen and oxygen atoms in total. The minimum absolute atomic E-state index is 0.159. The van der Waals surface area contributed by atoms with Crippen molar-refractivity contribution < 1.29 is 14.3 Å². The molecule has 1 rings (SSSR count). The summed E-state index contributed by atoms with van der Waals surface area (Å²) in [5.41, 5.74) is 0. The van der Waals surface area contributed by atoms with Crippen molar-refractivity contribution in [1.29, 1.82) is 0 Å². The van der Waals surface area contributed by atoms with Crippen molar-refractivity contribution in [2.24, 2.45) is 5.92 Å². The summed E-state index contributed by atoms with van der Waals surface area (Å²) in [5, 5.41) is 5.91. The third-order valence-electron chi connectivity index (χ3n) is 2.36. The summed E-state index contributed by atoms with van der Waals surface area (Å²) in [7, 11) is 0. The molecule has 1 saturated carbocycles. The average Bonchev–Trinajstić information content (AvgIpc) is 3.06. The molecule has 0 atom stereocenters. The Morgan fingerprint density at radius 2 is 2.00 bits per heavy atom. The van der Waals surface area contributed by atoms with Crippen molar-refractivity contribution in [3.05, 3.63) is 0 Å². The van der Waals surface area contributed by atoms with Crippen LogP contribution in [-0.4, -0.2) is 38.1 Å². The zero-order chi connectivity index (χ0) is 11.8. The molecule has 1 fully saturated rings. The van der Waals surface area contributed by atoms with Crippen LogP contribution >= 0.6 is 0 Å². The molecule has 1 aliphatic carbocycles. The largest absolute Gasteiger partial charge is 0.466 e. The lowest BCUT2D eigenvalue weighted by Crippen LogP contribution is -2.33. The molecule has 0 aromatic carbocycles. The lowest BCUT2D eigenvalue weighted by Gasteiger charge is -2.06. The topological polar surface area (TPSA) is 67.4 Å². The summed E-state index contributed by atoms with van der Waals surface area (Å²) in [6, 6.07) is 0. The van der Waals surface area contributed by atoms with Crippen LogP contribution in [0.5, 0.6) is 0 Å². The van der Waals surface area contributed by atoms with Crippen LogP contribution in [0.3, 0.4) is 0 Å². The van der Waals surface area contributed by atoms with Gasteiger partial charge in [-0.25, -0.2) is 0 Å². The van der Waals surface area contributed by atoms with E-state index in [1.807, 2.05) is 0 Å². The van der Waals surface area contributed by atoms with E-state index in [0.29, 0.717) is 32.7 Å². The van der Waals surface area contributed by atoms with Crippen LogP contribution in [0.1, 0.15) is 26.2 Å². The first-order valence-corrected chi connectivity index (χ1v) is 5.88. The van der Waals surface area contributed by atoms with E-state index in [0.717, 1.165) is 12.8 Å². The predicted octanol–water partition coefficient (Wildman–Crippen LogP) is 0.0554. The number of ether oxygens (including phenoxy) is 1. The standard InChI is InChI=1S/C11H20N2O3/c1-2-16-10(14)5-6-12-7-8-13-11(15)9-3-4-9/h9,12H,2-8H2,1H3,(H,13,15). The number of esters is 1. The molecule has 0 spiro atoms. The van der Waals surface area contributed by atoms with Gasteiger partial charge in [-0.15, -0.1) is 0 Å². The van der Waals surface area contributed by atoms with Crippen molar-refractivity contribution in [2.45, 2.75) is 26.2 Å². The van der Waals surface area contributed by atoms with Gasteiger partial charge in [0.15, 0.2) is 0 Å². The Bertz CT molecular complexity index is 239. The number of hydrogen-bond acceptors (Lipinski definition) is 4. The molecule has 0 aromatic rings. The Morgan fingerprint density at radius 1 is 1.25 bits per heavy atom. The van der Waals surface area contributed by atoms with Crippen LogP contribution in [0.25, 0.3) is 0 Å². The third-order valence-corrected chi connectivity index (χ3v) is 2.36. The fraction of sp³-hybridized carbons (Fsp3) is 0.818. The molecule has 2 N–H and O–H groups in total. The number of amides is 1. The van der Waals surface area contributed by atoms with E-state index in [1.54, 1.807) is 6.92 Å². The molecule has 5 heteroatoms. The number of carbonyl (C=O) groups is 2. The van der Waals surface area contributed by atoms with Crippen LogP contribution in [0.15, 0.2) is 0 Å². The molecule has 0 bridgehead atoms. The summed E-state index contributed by atoms with van der Waals surface area (Å²) in [6.07, 6.45) is 2.44. The van der Waals surface area contributed by atoms with Crippen molar-refractivity contribution in [1.82, 2.24) is 10.6 Å². The Balaban J connectivity index is 1.84. The number of rotatable bonds is 8. The highest BCUT2D eigenvalue weighted by atomic mass is 16.5. The normalized spacial score (nSPS) is 14.6. The molecular weight excluding hydrogens is 208 g/mol. The molecule has 0 unspecified atom stereocenters. The highest BCUT2D eigenvalue weighted by Crippen LogP contribution is 2.28. The Hall–Kier alpha value is -1.10. The molecule has 0 radical (unpaired) electrons. The quantitative estimate of drug-likeness (QED) is 0.455. The van der Waals surface area contributed by atoms with Gasteiger partial charge in [0.1, 0.15) is 0 Å². The average molecular weight is 228 g/mol. The number of nitrogens with one attached hydrogen (secondary N) is 2. The van der Waals surface area contributed by atoms with Crippen LogP contribution < -0.4 is 10.6 Å². The van der Waals surface area contributed by atoms with Crippen molar-refractivity contribution >= 4 is 11.9 Å². The Labute approximate surface area is 95.9 Å². The first kappa shape index (κ1) is 13.0. The Morgan fingerprint density at radius 3 is 2.62 bits per heavy atom. The maximum Gasteiger partial charge on any atom is 0.307 e. The van der Waals surface area contributed by atoms with E-state index >= 15 is 0 Å². The molecule has 1 aliphatic rings. The second-order valence-corrected chi connectivity index (χ2v) is 3.87. The van der Waals surface area contributed by atoms with E-state index in [1.165, 1.54) is 0 Å². The number of hydrogen-bond donors (Lipinski definition) is 2. The summed E-state index contributed by atoms with van der Waals surface area (Å²) in [4.78, 5) is 22.2. The van der Waals surface area contributed by atoms with Crippen molar-refractivity contribution in [3.63, 3.8) is 0 Å². The first-order chi connectivity index (χ1) is 7.74.